The van der Waals surface area contributed by atoms with Gasteiger partial charge in [-0.2, -0.15) is 0 Å². The highest BCUT2D eigenvalue weighted by molar-refractivity contribution is 7.88. The smallest absolute Gasteiger partial charge is 0.211 e. The lowest BCUT2D eigenvalue weighted by molar-refractivity contribution is 0.215. The van der Waals surface area contributed by atoms with E-state index in [0.29, 0.717) is 19.0 Å². The molecule has 5 nitrogen and oxygen atoms in total. The second-order valence-corrected chi connectivity index (χ2v) is 9.14. The Morgan fingerprint density at radius 3 is 2.55 bits per heavy atom. The minimum atomic E-state index is -3.03. The van der Waals surface area contributed by atoms with Gasteiger partial charge in [-0.05, 0) is 44.8 Å². The molecule has 6 heteroatoms. The molecule has 0 aromatic carbocycles. The van der Waals surface area contributed by atoms with Crippen molar-refractivity contribution in [2.24, 2.45) is 11.3 Å². The van der Waals surface area contributed by atoms with Crippen LogP contribution in [0.3, 0.4) is 0 Å². The van der Waals surface area contributed by atoms with Gasteiger partial charge in [0.25, 0.3) is 0 Å². The molecule has 0 aliphatic carbocycles. The van der Waals surface area contributed by atoms with Gasteiger partial charge in [0.2, 0.25) is 10.0 Å². The van der Waals surface area contributed by atoms with Crippen LogP contribution in [0, 0.1) is 11.3 Å². The highest BCUT2D eigenvalue weighted by Gasteiger charge is 2.26. The molecule has 0 amide bonds. The summed E-state index contributed by atoms with van der Waals surface area (Å²) in [6, 6.07) is 0. The van der Waals surface area contributed by atoms with Gasteiger partial charge in [-0.15, -0.1) is 0 Å². The van der Waals surface area contributed by atoms with Gasteiger partial charge in [-0.1, -0.05) is 13.8 Å². The third-order valence-corrected chi connectivity index (χ3v) is 5.00. The van der Waals surface area contributed by atoms with Gasteiger partial charge in [0.05, 0.1) is 6.26 Å². The number of sulfonamides is 1. The predicted octanol–water partition coefficient (Wildman–Crippen LogP) is 0.835. The topological polar surface area (TPSA) is 52.6 Å². The summed E-state index contributed by atoms with van der Waals surface area (Å²) in [4.78, 5) is 2.20. The van der Waals surface area contributed by atoms with E-state index in [1.807, 2.05) is 0 Å². The Balaban J connectivity index is 2.35. The van der Waals surface area contributed by atoms with Crippen LogP contribution in [-0.2, 0) is 10.0 Å². The van der Waals surface area contributed by atoms with E-state index < -0.39 is 10.0 Å². The van der Waals surface area contributed by atoms with Crippen molar-refractivity contribution >= 4 is 10.0 Å². The van der Waals surface area contributed by atoms with Gasteiger partial charge in [-0.25, -0.2) is 12.7 Å². The number of hydrogen-bond acceptors (Lipinski definition) is 4. The van der Waals surface area contributed by atoms with Crippen LogP contribution < -0.4 is 5.32 Å². The summed E-state index contributed by atoms with van der Waals surface area (Å²) in [6.07, 6.45) is 3.40. The molecule has 0 saturated carbocycles. The molecule has 20 heavy (non-hydrogen) atoms. The molecule has 1 fully saturated rings. The molecular formula is C14H31N3O2S. The van der Waals surface area contributed by atoms with E-state index in [9.17, 15) is 8.42 Å². The monoisotopic (exact) mass is 305 g/mol. The molecule has 1 saturated heterocycles. The van der Waals surface area contributed by atoms with Crippen LogP contribution in [0.5, 0.6) is 0 Å². The molecule has 1 rings (SSSR count). The third kappa shape index (κ3) is 6.52. The highest BCUT2D eigenvalue weighted by Crippen LogP contribution is 2.19. The van der Waals surface area contributed by atoms with E-state index >= 15 is 0 Å². The quantitative estimate of drug-likeness (QED) is 0.757. The van der Waals surface area contributed by atoms with Gasteiger partial charge < -0.3 is 10.2 Å². The predicted molar refractivity (Wildman–Crippen MR) is 84.3 cm³/mol. The maximum absolute atomic E-state index is 11.6. The molecule has 0 aromatic rings. The van der Waals surface area contributed by atoms with Crippen molar-refractivity contribution in [1.29, 1.82) is 0 Å². The molecular weight excluding hydrogens is 274 g/mol. The maximum atomic E-state index is 11.6. The molecule has 0 radical (unpaired) electrons. The first-order valence-corrected chi connectivity index (χ1v) is 9.25. The Bertz CT molecular complexity index is 393. The van der Waals surface area contributed by atoms with Crippen LogP contribution in [0.2, 0.25) is 0 Å². The summed E-state index contributed by atoms with van der Waals surface area (Å²) in [5.74, 6) is 0.439. The van der Waals surface area contributed by atoms with Gasteiger partial charge in [0.1, 0.15) is 0 Å². The summed E-state index contributed by atoms with van der Waals surface area (Å²) in [5.41, 5.74) is 0.231. The molecule has 0 spiro atoms. The minimum absolute atomic E-state index is 0.231. The summed E-state index contributed by atoms with van der Waals surface area (Å²) >= 11 is 0. The molecule has 0 aromatic heterocycles. The Labute approximate surface area is 124 Å². The number of rotatable bonds is 7. The molecule has 1 atom stereocenters. The molecule has 1 heterocycles. The zero-order valence-corrected chi connectivity index (χ0v) is 14.5. The second-order valence-electron chi connectivity index (χ2n) is 7.16. The zero-order valence-electron chi connectivity index (χ0n) is 13.6. The van der Waals surface area contributed by atoms with E-state index in [2.05, 4.69) is 38.2 Å². The van der Waals surface area contributed by atoms with Crippen LogP contribution >= 0.6 is 0 Å². The number of nitrogens with zero attached hydrogens (tertiary/aromatic N) is 2. The first-order chi connectivity index (χ1) is 9.10. The fourth-order valence-electron chi connectivity index (χ4n) is 3.02. The summed E-state index contributed by atoms with van der Waals surface area (Å²) < 4.78 is 24.8. The SMILES string of the molecule is CN(C)CC(C)(C)CNCC1CCCN(S(C)(=O)=O)C1. The zero-order chi connectivity index (χ0) is 15.4. The molecule has 120 valence electrons. The van der Waals surface area contributed by atoms with E-state index in [-0.39, 0.29) is 5.41 Å². The average Bonchev–Trinajstić information content (AvgIpc) is 2.26. The number of piperidine rings is 1. The third-order valence-electron chi connectivity index (χ3n) is 3.73. The van der Waals surface area contributed by atoms with Gasteiger partial charge in [0.15, 0.2) is 0 Å². The van der Waals surface area contributed by atoms with E-state index in [0.717, 1.165) is 32.5 Å². The average molecular weight is 305 g/mol. The van der Waals surface area contributed by atoms with Crippen molar-refractivity contribution in [1.82, 2.24) is 14.5 Å². The first-order valence-electron chi connectivity index (χ1n) is 7.41. The number of nitrogens with one attached hydrogen (secondary N) is 1. The normalized spacial score (nSPS) is 22.4. The van der Waals surface area contributed by atoms with Crippen molar-refractivity contribution in [3.63, 3.8) is 0 Å². The molecule has 1 aliphatic heterocycles. The lowest BCUT2D eigenvalue weighted by atomic mass is 9.92. The van der Waals surface area contributed by atoms with Gasteiger partial charge in [0, 0.05) is 26.2 Å². The van der Waals surface area contributed by atoms with Crippen LogP contribution in [0.15, 0.2) is 0 Å². The highest BCUT2D eigenvalue weighted by atomic mass is 32.2. The maximum Gasteiger partial charge on any atom is 0.211 e. The fourth-order valence-corrected chi connectivity index (χ4v) is 3.96. The number of hydrogen-bond donors (Lipinski definition) is 1. The van der Waals surface area contributed by atoms with Crippen LogP contribution in [0.25, 0.3) is 0 Å². The molecule has 1 unspecified atom stereocenters. The Morgan fingerprint density at radius 2 is 2.00 bits per heavy atom. The van der Waals surface area contributed by atoms with E-state index in [4.69, 9.17) is 0 Å². The van der Waals surface area contributed by atoms with Crippen molar-refractivity contribution in [2.75, 3.05) is 53.1 Å². The second kappa shape index (κ2) is 7.20. The van der Waals surface area contributed by atoms with E-state index in [1.165, 1.54) is 6.26 Å². The molecule has 0 bridgehead atoms. The summed E-state index contributed by atoms with van der Waals surface area (Å²) in [5, 5.41) is 3.52. The van der Waals surface area contributed by atoms with Crippen molar-refractivity contribution in [3.05, 3.63) is 0 Å². The lowest BCUT2D eigenvalue weighted by Gasteiger charge is -2.33. The summed E-state index contributed by atoms with van der Waals surface area (Å²) in [6.45, 7) is 8.76. The molecule has 1 N–H and O–H groups in total. The Kier molecular flexibility index (Phi) is 6.44. The van der Waals surface area contributed by atoms with Crippen LogP contribution in [0.1, 0.15) is 26.7 Å². The van der Waals surface area contributed by atoms with Crippen LogP contribution in [0.4, 0.5) is 0 Å². The first kappa shape index (κ1) is 17.9. The van der Waals surface area contributed by atoms with Gasteiger partial charge in [-0.3, -0.25) is 0 Å². The van der Waals surface area contributed by atoms with E-state index in [1.54, 1.807) is 4.31 Å². The Hall–Kier alpha value is -0.170. The lowest BCUT2D eigenvalue weighted by Crippen LogP contribution is -2.44. The minimum Gasteiger partial charge on any atom is -0.316 e. The van der Waals surface area contributed by atoms with Crippen LogP contribution in [-0.4, -0.2) is 70.7 Å². The largest absolute Gasteiger partial charge is 0.316 e. The standard InChI is InChI=1S/C14H31N3O2S/c1-14(2,12-16(3)4)11-15-9-13-7-6-8-17(10-13)20(5,18)19/h13,15H,6-12H2,1-5H3. The van der Waals surface area contributed by atoms with Crippen molar-refractivity contribution in [2.45, 2.75) is 26.7 Å². The Morgan fingerprint density at radius 1 is 1.35 bits per heavy atom. The van der Waals surface area contributed by atoms with Gasteiger partial charge >= 0.3 is 0 Å². The summed E-state index contributed by atoms with van der Waals surface area (Å²) in [7, 11) is 1.15. The van der Waals surface area contributed by atoms with Crippen molar-refractivity contribution < 1.29 is 8.42 Å². The molecule has 1 aliphatic rings. The van der Waals surface area contributed by atoms with Crippen molar-refractivity contribution in [3.8, 4) is 0 Å². The fraction of sp³-hybridized carbons (Fsp3) is 1.00.